The number of carboxylic acid groups (broad SMARTS) is 1. The maximum absolute atomic E-state index is 11.0. The van der Waals surface area contributed by atoms with Gasteiger partial charge in [0.2, 0.25) is 0 Å². The number of hydrogen-bond acceptors (Lipinski definition) is 4. The van der Waals surface area contributed by atoms with E-state index in [9.17, 15) is 4.79 Å². The molecule has 2 aromatic rings. The van der Waals surface area contributed by atoms with Crippen molar-refractivity contribution in [3.05, 3.63) is 54.6 Å². The van der Waals surface area contributed by atoms with E-state index >= 15 is 0 Å². The summed E-state index contributed by atoms with van der Waals surface area (Å²) in [5.74, 6) is -0.0611. The molecular weight excluding hydrogens is 284 g/mol. The quantitative estimate of drug-likeness (QED) is 0.608. The third kappa shape index (κ3) is 4.72. The van der Waals surface area contributed by atoms with Crippen LogP contribution in [-0.2, 0) is 4.79 Å². The first-order valence-electron chi connectivity index (χ1n) is 6.66. The smallest absolute Gasteiger partial charge is 0.323 e. The molecule has 0 bridgehead atoms. The lowest BCUT2D eigenvalue weighted by atomic mass is 10.2. The molecule has 3 N–H and O–H groups in total. The number of benzene rings is 2. The molecule has 0 radical (unpaired) electrons. The molecule has 0 amide bonds. The standard InChI is InChI=1S/C16H18N2O2S/c17-14-8-4-5-9-15(14)18(12-16(19)20)10-11-21-13-6-2-1-3-7-13/h1-9H,10-12,17H2,(H,19,20). The molecule has 110 valence electrons. The van der Waals surface area contributed by atoms with Crippen molar-refractivity contribution < 1.29 is 9.90 Å². The lowest BCUT2D eigenvalue weighted by Crippen LogP contribution is -2.32. The van der Waals surface area contributed by atoms with E-state index < -0.39 is 5.97 Å². The fourth-order valence-electron chi connectivity index (χ4n) is 2.01. The number of nitrogen functional groups attached to an aromatic ring is 1. The zero-order chi connectivity index (χ0) is 15.1. The number of aliphatic carboxylic acids is 1. The summed E-state index contributed by atoms with van der Waals surface area (Å²) in [6.45, 7) is 0.573. The summed E-state index contributed by atoms with van der Waals surface area (Å²) in [5, 5.41) is 9.06. The number of carboxylic acids is 1. The molecule has 0 aromatic heterocycles. The molecule has 2 aromatic carbocycles. The summed E-state index contributed by atoms with van der Waals surface area (Å²) in [6.07, 6.45) is 0. The minimum atomic E-state index is -0.858. The van der Waals surface area contributed by atoms with Crippen LogP contribution in [0.3, 0.4) is 0 Å². The second-order valence-corrected chi connectivity index (χ2v) is 5.70. The van der Waals surface area contributed by atoms with Crippen molar-refractivity contribution in [1.29, 1.82) is 0 Å². The largest absolute Gasteiger partial charge is 0.480 e. The van der Waals surface area contributed by atoms with Gasteiger partial charge in [0.25, 0.3) is 0 Å². The highest BCUT2D eigenvalue weighted by Gasteiger charge is 2.12. The molecule has 2 rings (SSSR count). The lowest BCUT2D eigenvalue weighted by Gasteiger charge is -2.24. The summed E-state index contributed by atoms with van der Waals surface area (Å²) in [4.78, 5) is 14.0. The molecule has 0 atom stereocenters. The van der Waals surface area contributed by atoms with E-state index in [1.54, 1.807) is 22.7 Å². The van der Waals surface area contributed by atoms with Gasteiger partial charge in [0.1, 0.15) is 6.54 Å². The highest BCUT2D eigenvalue weighted by molar-refractivity contribution is 7.99. The van der Waals surface area contributed by atoms with Crippen LogP contribution in [0.15, 0.2) is 59.5 Å². The van der Waals surface area contributed by atoms with Gasteiger partial charge in [0.05, 0.1) is 11.4 Å². The van der Waals surface area contributed by atoms with E-state index in [1.807, 2.05) is 48.5 Å². The van der Waals surface area contributed by atoms with Crippen molar-refractivity contribution in [3.8, 4) is 0 Å². The number of anilines is 2. The topological polar surface area (TPSA) is 66.6 Å². The van der Waals surface area contributed by atoms with E-state index in [-0.39, 0.29) is 6.54 Å². The molecule has 0 spiro atoms. The average molecular weight is 302 g/mol. The Morgan fingerprint density at radius 1 is 1.10 bits per heavy atom. The van der Waals surface area contributed by atoms with Crippen molar-refractivity contribution in [1.82, 2.24) is 0 Å². The maximum Gasteiger partial charge on any atom is 0.323 e. The summed E-state index contributed by atoms with van der Waals surface area (Å²) in [6, 6.07) is 17.4. The van der Waals surface area contributed by atoms with Gasteiger partial charge in [-0.15, -0.1) is 11.8 Å². The van der Waals surface area contributed by atoms with Gasteiger partial charge in [-0.1, -0.05) is 30.3 Å². The number of rotatable bonds is 7. The Kier molecular flexibility index (Phi) is 5.51. The lowest BCUT2D eigenvalue weighted by molar-refractivity contribution is -0.135. The summed E-state index contributed by atoms with van der Waals surface area (Å²) < 4.78 is 0. The van der Waals surface area contributed by atoms with Crippen LogP contribution < -0.4 is 10.6 Å². The van der Waals surface area contributed by atoms with Crippen LogP contribution in [0.5, 0.6) is 0 Å². The number of nitrogens with zero attached hydrogens (tertiary/aromatic N) is 1. The molecule has 0 aliphatic carbocycles. The molecule has 0 saturated carbocycles. The zero-order valence-electron chi connectivity index (χ0n) is 11.6. The number of nitrogens with two attached hydrogens (primary N) is 1. The van der Waals surface area contributed by atoms with Gasteiger partial charge in [-0.3, -0.25) is 4.79 Å². The number of para-hydroxylation sites is 2. The fourth-order valence-corrected chi connectivity index (χ4v) is 2.91. The Bertz CT molecular complexity index is 590. The molecule has 4 nitrogen and oxygen atoms in total. The van der Waals surface area contributed by atoms with Crippen LogP contribution in [0.4, 0.5) is 11.4 Å². The molecule has 0 saturated heterocycles. The molecule has 0 heterocycles. The van der Waals surface area contributed by atoms with E-state index in [1.165, 1.54) is 4.90 Å². The van der Waals surface area contributed by atoms with Crippen molar-refractivity contribution in [2.75, 3.05) is 29.5 Å². The molecular formula is C16H18N2O2S. The summed E-state index contributed by atoms with van der Waals surface area (Å²) in [5.41, 5.74) is 7.31. The fraction of sp³-hybridized carbons (Fsp3) is 0.188. The molecule has 0 fully saturated rings. The van der Waals surface area contributed by atoms with Crippen LogP contribution in [0.25, 0.3) is 0 Å². The monoisotopic (exact) mass is 302 g/mol. The molecule has 0 unspecified atom stereocenters. The highest BCUT2D eigenvalue weighted by Crippen LogP contribution is 2.24. The van der Waals surface area contributed by atoms with Crippen molar-refractivity contribution in [3.63, 3.8) is 0 Å². The van der Waals surface area contributed by atoms with Gasteiger partial charge in [0.15, 0.2) is 0 Å². The van der Waals surface area contributed by atoms with Crippen molar-refractivity contribution >= 4 is 29.1 Å². The van der Waals surface area contributed by atoms with Gasteiger partial charge < -0.3 is 15.7 Å². The van der Waals surface area contributed by atoms with Gasteiger partial charge in [-0.25, -0.2) is 0 Å². The van der Waals surface area contributed by atoms with Crippen LogP contribution in [0, 0.1) is 0 Å². The van der Waals surface area contributed by atoms with Crippen molar-refractivity contribution in [2.24, 2.45) is 0 Å². The van der Waals surface area contributed by atoms with Gasteiger partial charge in [-0.2, -0.15) is 0 Å². The first-order chi connectivity index (χ1) is 10.2. The van der Waals surface area contributed by atoms with Gasteiger partial charge in [0, 0.05) is 17.2 Å². The Hall–Kier alpha value is -2.14. The molecule has 5 heteroatoms. The third-order valence-electron chi connectivity index (χ3n) is 2.98. The third-order valence-corrected chi connectivity index (χ3v) is 3.97. The molecule has 21 heavy (non-hydrogen) atoms. The Morgan fingerprint density at radius 3 is 2.43 bits per heavy atom. The normalized spacial score (nSPS) is 10.3. The van der Waals surface area contributed by atoms with Gasteiger partial charge >= 0.3 is 5.97 Å². The van der Waals surface area contributed by atoms with Crippen LogP contribution >= 0.6 is 11.8 Å². The number of thioether (sulfide) groups is 1. The van der Waals surface area contributed by atoms with Crippen LogP contribution in [0.2, 0.25) is 0 Å². The second-order valence-electron chi connectivity index (χ2n) is 4.54. The average Bonchev–Trinajstić information content (AvgIpc) is 2.47. The minimum Gasteiger partial charge on any atom is -0.480 e. The first kappa shape index (κ1) is 15.3. The van der Waals surface area contributed by atoms with E-state index in [0.29, 0.717) is 12.2 Å². The molecule has 0 aliphatic rings. The molecule has 0 aliphatic heterocycles. The predicted molar refractivity (Wildman–Crippen MR) is 87.9 cm³/mol. The van der Waals surface area contributed by atoms with E-state index in [2.05, 4.69) is 0 Å². The zero-order valence-corrected chi connectivity index (χ0v) is 12.4. The first-order valence-corrected chi connectivity index (χ1v) is 7.64. The number of hydrogen-bond donors (Lipinski definition) is 2. The highest BCUT2D eigenvalue weighted by atomic mass is 32.2. The second kappa shape index (κ2) is 7.59. The predicted octanol–water partition coefficient (Wildman–Crippen LogP) is 2.95. The van der Waals surface area contributed by atoms with Crippen LogP contribution in [-0.4, -0.2) is 29.9 Å². The Balaban J connectivity index is 2.00. The maximum atomic E-state index is 11.0. The number of carbonyl (C=O) groups is 1. The van der Waals surface area contributed by atoms with Crippen molar-refractivity contribution in [2.45, 2.75) is 4.90 Å². The Labute approximate surface area is 128 Å². The van der Waals surface area contributed by atoms with Gasteiger partial charge in [-0.05, 0) is 24.3 Å². The van der Waals surface area contributed by atoms with Crippen LogP contribution in [0.1, 0.15) is 0 Å². The summed E-state index contributed by atoms with van der Waals surface area (Å²) in [7, 11) is 0. The SMILES string of the molecule is Nc1ccccc1N(CCSc1ccccc1)CC(=O)O. The summed E-state index contributed by atoms with van der Waals surface area (Å²) >= 11 is 1.70. The minimum absolute atomic E-state index is 0.0520. The van der Waals surface area contributed by atoms with E-state index in [0.717, 1.165) is 11.4 Å². The Morgan fingerprint density at radius 2 is 1.76 bits per heavy atom. The van der Waals surface area contributed by atoms with E-state index in [4.69, 9.17) is 10.8 Å².